The molecule has 148 valence electrons. The van der Waals surface area contributed by atoms with Crippen molar-refractivity contribution in [3.05, 3.63) is 133 Å². The van der Waals surface area contributed by atoms with Gasteiger partial charge in [0, 0.05) is 0 Å². The first-order valence-electron chi connectivity index (χ1n) is 10.7. The molecule has 0 aliphatic heterocycles. The maximum Gasteiger partial charge on any atom is -0.0175 e. The third-order valence-electron chi connectivity index (χ3n) is 5.71. The van der Waals surface area contributed by atoms with Crippen molar-refractivity contribution in [1.29, 1.82) is 0 Å². The highest BCUT2D eigenvalue weighted by Gasteiger charge is 2.06. The van der Waals surface area contributed by atoms with Crippen LogP contribution in [0.3, 0.4) is 0 Å². The Hall–Kier alpha value is -3.90. The summed E-state index contributed by atoms with van der Waals surface area (Å²) in [5.41, 5.74) is 11.2. The maximum absolute atomic E-state index is 2.30. The zero-order chi connectivity index (χ0) is 21.0. The molecule has 0 bridgehead atoms. The molecule has 31 heavy (non-hydrogen) atoms. The largest absolute Gasteiger partial charge is 0.0622 e. The van der Waals surface area contributed by atoms with Crippen LogP contribution in [0, 0.1) is 6.92 Å². The second-order valence-corrected chi connectivity index (χ2v) is 7.98. The van der Waals surface area contributed by atoms with Gasteiger partial charge >= 0.3 is 0 Å². The molecule has 5 aromatic carbocycles. The molecule has 0 nitrogen and oxygen atoms in total. The van der Waals surface area contributed by atoms with Gasteiger partial charge in [-0.1, -0.05) is 115 Å². The van der Waals surface area contributed by atoms with Crippen LogP contribution in [0.25, 0.3) is 44.5 Å². The monoisotopic (exact) mass is 396 g/mol. The van der Waals surface area contributed by atoms with Crippen LogP contribution in [0.15, 0.2) is 127 Å². The van der Waals surface area contributed by atoms with E-state index in [0.717, 1.165) is 0 Å². The van der Waals surface area contributed by atoms with Crippen LogP contribution in [0.4, 0.5) is 0 Å². The summed E-state index contributed by atoms with van der Waals surface area (Å²) >= 11 is 0. The highest BCUT2D eigenvalue weighted by atomic mass is 14.1. The van der Waals surface area contributed by atoms with E-state index in [2.05, 4.69) is 134 Å². The van der Waals surface area contributed by atoms with Crippen LogP contribution in [0.1, 0.15) is 5.56 Å². The van der Waals surface area contributed by atoms with E-state index < -0.39 is 0 Å². The molecule has 0 aliphatic rings. The molecule has 5 aromatic rings. The van der Waals surface area contributed by atoms with Crippen LogP contribution in [-0.4, -0.2) is 0 Å². The van der Waals surface area contributed by atoms with Gasteiger partial charge in [-0.05, 0) is 69.1 Å². The minimum atomic E-state index is 1.24. The van der Waals surface area contributed by atoms with E-state index in [9.17, 15) is 0 Å². The third-order valence-corrected chi connectivity index (χ3v) is 5.71. The first kappa shape index (κ1) is 19.1. The number of benzene rings is 5. The van der Waals surface area contributed by atoms with Crippen molar-refractivity contribution in [1.82, 2.24) is 0 Å². The highest BCUT2D eigenvalue weighted by molar-refractivity contribution is 5.78. The summed E-state index contributed by atoms with van der Waals surface area (Å²) in [7, 11) is 0. The number of hydrogen-bond acceptors (Lipinski definition) is 0. The standard InChI is InChI=1S/C31H24/c1-23-19-30(27-17-15-26(16-18-27)24-9-4-2-5-10-24)22-31(20-23)29-14-8-13-28(21-29)25-11-6-3-7-12-25/h2-22H,1H3. The lowest BCUT2D eigenvalue weighted by atomic mass is 9.94. The van der Waals surface area contributed by atoms with Gasteiger partial charge in [0.05, 0.1) is 0 Å². The van der Waals surface area contributed by atoms with E-state index in [1.807, 2.05) is 0 Å². The lowest BCUT2D eigenvalue weighted by Gasteiger charge is -2.11. The number of rotatable bonds is 4. The summed E-state index contributed by atoms with van der Waals surface area (Å²) in [6.45, 7) is 2.17. The van der Waals surface area contributed by atoms with Crippen LogP contribution in [-0.2, 0) is 0 Å². The molecule has 0 saturated carbocycles. The predicted molar refractivity (Wildman–Crippen MR) is 133 cm³/mol. The zero-order valence-electron chi connectivity index (χ0n) is 17.6. The van der Waals surface area contributed by atoms with Crippen molar-refractivity contribution >= 4 is 0 Å². The molecule has 0 radical (unpaired) electrons. The van der Waals surface area contributed by atoms with Crippen molar-refractivity contribution in [3.63, 3.8) is 0 Å². The van der Waals surface area contributed by atoms with Gasteiger partial charge < -0.3 is 0 Å². The summed E-state index contributed by atoms with van der Waals surface area (Å²) < 4.78 is 0. The van der Waals surface area contributed by atoms with Gasteiger partial charge in [0.2, 0.25) is 0 Å². The average Bonchev–Trinajstić information content (AvgIpc) is 2.85. The molecule has 0 unspecified atom stereocenters. The fourth-order valence-corrected chi connectivity index (χ4v) is 4.11. The topological polar surface area (TPSA) is 0 Å². The van der Waals surface area contributed by atoms with E-state index in [1.165, 1.54) is 50.1 Å². The molecule has 0 aromatic heterocycles. The minimum absolute atomic E-state index is 1.24. The molecule has 0 atom stereocenters. The van der Waals surface area contributed by atoms with Gasteiger partial charge in [0.25, 0.3) is 0 Å². The minimum Gasteiger partial charge on any atom is -0.0622 e. The second-order valence-electron chi connectivity index (χ2n) is 7.98. The molecule has 0 heteroatoms. The Bertz CT molecular complexity index is 1300. The summed E-state index contributed by atoms with van der Waals surface area (Å²) in [5.74, 6) is 0. The van der Waals surface area contributed by atoms with Crippen molar-refractivity contribution in [2.45, 2.75) is 6.92 Å². The number of hydrogen-bond donors (Lipinski definition) is 0. The van der Waals surface area contributed by atoms with Crippen molar-refractivity contribution in [2.24, 2.45) is 0 Å². The Morgan fingerprint density at radius 2 is 0.645 bits per heavy atom. The maximum atomic E-state index is 2.30. The summed E-state index contributed by atoms with van der Waals surface area (Å²) in [6, 6.07) is 45.6. The van der Waals surface area contributed by atoms with Gasteiger partial charge in [0.15, 0.2) is 0 Å². The Balaban J connectivity index is 1.50. The molecular formula is C31H24. The fraction of sp³-hybridized carbons (Fsp3) is 0.0323. The Morgan fingerprint density at radius 1 is 0.290 bits per heavy atom. The summed E-state index contributed by atoms with van der Waals surface area (Å²) in [6.07, 6.45) is 0. The van der Waals surface area contributed by atoms with Gasteiger partial charge in [-0.2, -0.15) is 0 Å². The van der Waals surface area contributed by atoms with E-state index in [-0.39, 0.29) is 0 Å². The lowest BCUT2D eigenvalue weighted by molar-refractivity contribution is 1.46. The molecule has 0 aliphatic carbocycles. The first-order chi connectivity index (χ1) is 15.3. The zero-order valence-corrected chi connectivity index (χ0v) is 17.6. The molecule has 0 saturated heterocycles. The molecule has 0 N–H and O–H groups in total. The highest BCUT2D eigenvalue weighted by Crippen LogP contribution is 2.32. The molecule has 0 heterocycles. The summed E-state index contributed by atoms with van der Waals surface area (Å²) in [5, 5.41) is 0. The normalized spacial score (nSPS) is 10.7. The Kier molecular flexibility index (Phi) is 5.21. The van der Waals surface area contributed by atoms with E-state index in [1.54, 1.807) is 0 Å². The van der Waals surface area contributed by atoms with Crippen LogP contribution in [0.5, 0.6) is 0 Å². The first-order valence-corrected chi connectivity index (χ1v) is 10.7. The predicted octanol–water partition coefficient (Wildman–Crippen LogP) is 8.66. The average molecular weight is 397 g/mol. The molecule has 0 amide bonds. The molecule has 0 fully saturated rings. The van der Waals surface area contributed by atoms with Crippen LogP contribution in [0.2, 0.25) is 0 Å². The Labute approximate surface area is 184 Å². The third kappa shape index (κ3) is 4.20. The van der Waals surface area contributed by atoms with Crippen molar-refractivity contribution in [2.75, 3.05) is 0 Å². The summed E-state index contributed by atoms with van der Waals surface area (Å²) in [4.78, 5) is 0. The van der Waals surface area contributed by atoms with Gasteiger partial charge in [0.1, 0.15) is 0 Å². The second kappa shape index (κ2) is 8.45. The van der Waals surface area contributed by atoms with Crippen molar-refractivity contribution < 1.29 is 0 Å². The molecule has 5 rings (SSSR count). The molecular weight excluding hydrogens is 372 g/mol. The molecule has 0 spiro atoms. The van der Waals surface area contributed by atoms with Gasteiger partial charge in [-0.3, -0.25) is 0 Å². The van der Waals surface area contributed by atoms with Crippen LogP contribution >= 0.6 is 0 Å². The van der Waals surface area contributed by atoms with Gasteiger partial charge in [-0.15, -0.1) is 0 Å². The number of aryl methyl sites for hydroxylation is 1. The smallest absolute Gasteiger partial charge is 0.0175 e. The van der Waals surface area contributed by atoms with E-state index in [4.69, 9.17) is 0 Å². The lowest BCUT2D eigenvalue weighted by Crippen LogP contribution is -1.86. The van der Waals surface area contributed by atoms with Crippen molar-refractivity contribution in [3.8, 4) is 44.5 Å². The van der Waals surface area contributed by atoms with Crippen LogP contribution < -0.4 is 0 Å². The quantitative estimate of drug-likeness (QED) is 0.285. The van der Waals surface area contributed by atoms with E-state index in [0.29, 0.717) is 0 Å². The SMILES string of the molecule is Cc1cc(-c2ccc(-c3ccccc3)cc2)cc(-c2cccc(-c3ccccc3)c2)c1. The fourth-order valence-electron chi connectivity index (χ4n) is 4.11. The van der Waals surface area contributed by atoms with Gasteiger partial charge in [-0.25, -0.2) is 0 Å². The van der Waals surface area contributed by atoms with E-state index >= 15 is 0 Å². The Morgan fingerprint density at radius 3 is 1.23 bits per heavy atom.